The van der Waals surface area contributed by atoms with Crippen molar-refractivity contribution in [3.8, 4) is 5.75 Å². The Bertz CT molecular complexity index is 720. The van der Waals surface area contributed by atoms with Crippen molar-refractivity contribution < 1.29 is 27.5 Å². The van der Waals surface area contributed by atoms with Crippen molar-refractivity contribution in [2.24, 2.45) is 11.3 Å². The third kappa shape index (κ3) is 4.15. The molecule has 2 N–H and O–H groups in total. The Balaban J connectivity index is 1.41. The minimum Gasteiger partial charge on any atom is -0.484 e. The van der Waals surface area contributed by atoms with E-state index < -0.39 is 17.5 Å². The molecule has 1 unspecified atom stereocenters. The van der Waals surface area contributed by atoms with Crippen molar-refractivity contribution in [2.75, 3.05) is 6.61 Å². The largest absolute Gasteiger partial charge is 0.484 e. The second kappa shape index (κ2) is 7.22. The lowest BCUT2D eigenvalue weighted by Gasteiger charge is -2.44. The van der Waals surface area contributed by atoms with Crippen LogP contribution in [0.4, 0.5) is 13.2 Å². The summed E-state index contributed by atoms with van der Waals surface area (Å²) < 4.78 is 44.3. The van der Waals surface area contributed by atoms with E-state index in [2.05, 4.69) is 10.6 Å². The third-order valence-electron chi connectivity index (χ3n) is 5.35. The average molecular weight is 405 g/mol. The van der Waals surface area contributed by atoms with Gasteiger partial charge in [-0.3, -0.25) is 9.59 Å². The number of amides is 2. The second-order valence-electron chi connectivity index (χ2n) is 7.17. The molecular weight excluding hydrogens is 385 g/mol. The van der Waals surface area contributed by atoms with Crippen LogP contribution >= 0.6 is 11.6 Å². The van der Waals surface area contributed by atoms with Gasteiger partial charge in [0.2, 0.25) is 5.91 Å². The summed E-state index contributed by atoms with van der Waals surface area (Å²) in [5, 5.41) is 5.82. The van der Waals surface area contributed by atoms with Crippen LogP contribution in [-0.2, 0) is 9.59 Å². The summed E-state index contributed by atoms with van der Waals surface area (Å²) in [6.45, 7) is 1.60. The maximum absolute atomic E-state index is 13.0. The van der Waals surface area contributed by atoms with Crippen LogP contribution < -0.4 is 15.4 Å². The molecule has 0 spiro atoms. The molecule has 2 fully saturated rings. The SMILES string of the molecule is CC1[C@@H](NC(=O)COc2ccc(Cl)cc2)C[C@H]1NC(=O)C1(C(F)(F)F)CC1. The van der Waals surface area contributed by atoms with Gasteiger partial charge in [0.05, 0.1) is 0 Å². The van der Waals surface area contributed by atoms with Gasteiger partial charge in [0.1, 0.15) is 11.2 Å². The summed E-state index contributed by atoms with van der Waals surface area (Å²) in [5.41, 5.74) is -2.21. The summed E-state index contributed by atoms with van der Waals surface area (Å²) in [6, 6.07) is 5.98. The molecular formula is C18H20ClF3N2O3. The van der Waals surface area contributed by atoms with Crippen LogP contribution in [0.3, 0.4) is 0 Å². The van der Waals surface area contributed by atoms with Crippen molar-refractivity contribution in [3.05, 3.63) is 29.3 Å². The molecule has 1 aromatic rings. The van der Waals surface area contributed by atoms with E-state index in [1.54, 1.807) is 31.2 Å². The maximum atomic E-state index is 13.0. The van der Waals surface area contributed by atoms with Crippen LogP contribution in [0.25, 0.3) is 0 Å². The smallest absolute Gasteiger partial charge is 0.403 e. The normalized spacial score (nSPS) is 25.9. The number of nitrogens with one attached hydrogen (secondary N) is 2. The van der Waals surface area contributed by atoms with E-state index in [4.69, 9.17) is 16.3 Å². The molecule has 2 saturated carbocycles. The summed E-state index contributed by atoms with van der Waals surface area (Å²) in [7, 11) is 0. The predicted molar refractivity (Wildman–Crippen MR) is 92.3 cm³/mol. The van der Waals surface area contributed by atoms with Crippen molar-refractivity contribution in [2.45, 2.75) is 44.4 Å². The second-order valence-corrected chi connectivity index (χ2v) is 7.61. The minimum absolute atomic E-state index is 0.155. The molecule has 5 nitrogen and oxygen atoms in total. The lowest BCUT2D eigenvalue weighted by molar-refractivity contribution is -0.193. The molecule has 2 aliphatic carbocycles. The van der Waals surface area contributed by atoms with E-state index in [0.29, 0.717) is 17.2 Å². The Morgan fingerprint density at radius 1 is 1.19 bits per heavy atom. The molecule has 27 heavy (non-hydrogen) atoms. The number of halogens is 4. The molecule has 9 heteroatoms. The van der Waals surface area contributed by atoms with Gasteiger partial charge in [0, 0.05) is 17.1 Å². The summed E-state index contributed by atoms with van der Waals surface area (Å²) in [6.07, 6.45) is -4.44. The maximum Gasteiger partial charge on any atom is 0.403 e. The van der Waals surface area contributed by atoms with Gasteiger partial charge in [-0.15, -0.1) is 0 Å². The predicted octanol–water partition coefficient (Wildman–Crippen LogP) is 3.07. The van der Waals surface area contributed by atoms with Gasteiger partial charge in [0.15, 0.2) is 6.61 Å². The molecule has 0 aromatic heterocycles. The molecule has 0 aliphatic heterocycles. The van der Waals surface area contributed by atoms with Crippen molar-refractivity contribution in [3.63, 3.8) is 0 Å². The van der Waals surface area contributed by atoms with Gasteiger partial charge in [-0.05, 0) is 49.4 Å². The first kappa shape index (κ1) is 19.8. The number of alkyl halides is 3. The van der Waals surface area contributed by atoms with E-state index in [1.807, 2.05) is 0 Å². The van der Waals surface area contributed by atoms with Gasteiger partial charge >= 0.3 is 6.18 Å². The van der Waals surface area contributed by atoms with E-state index in [1.165, 1.54) is 0 Å². The highest BCUT2D eigenvalue weighted by molar-refractivity contribution is 6.30. The summed E-state index contributed by atoms with van der Waals surface area (Å²) >= 11 is 5.77. The first-order valence-corrected chi connectivity index (χ1v) is 9.05. The minimum atomic E-state index is -4.52. The Morgan fingerprint density at radius 3 is 2.30 bits per heavy atom. The lowest BCUT2D eigenvalue weighted by atomic mass is 9.75. The molecule has 148 valence electrons. The van der Waals surface area contributed by atoms with E-state index >= 15 is 0 Å². The number of hydrogen-bond acceptors (Lipinski definition) is 3. The highest BCUT2D eigenvalue weighted by Crippen LogP contribution is 2.57. The van der Waals surface area contributed by atoms with Gasteiger partial charge < -0.3 is 15.4 Å². The van der Waals surface area contributed by atoms with Crippen LogP contribution in [0.15, 0.2) is 24.3 Å². The van der Waals surface area contributed by atoms with Crippen LogP contribution in [0, 0.1) is 11.3 Å². The molecule has 1 aromatic carbocycles. The number of carbonyl (C=O) groups is 2. The Kier molecular flexibility index (Phi) is 5.29. The van der Waals surface area contributed by atoms with Crippen LogP contribution in [0.1, 0.15) is 26.2 Å². The quantitative estimate of drug-likeness (QED) is 0.765. The van der Waals surface area contributed by atoms with E-state index in [0.717, 1.165) is 0 Å². The van der Waals surface area contributed by atoms with Crippen molar-refractivity contribution in [1.29, 1.82) is 0 Å². The third-order valence-corrected chi connectivity index (χ3v) is 5.60. The first-order chi connectivity index (χ1) is 12.6. The lowest BCUT2D eigenvalue weighted by Crippen LogP contribution is -2.62. The van der Waals surface area contributed by atoms with Crippen LogP contribution in [0.2, 0.25) is 5.02 Å². The molecule has 0 heterocycles. The Morgan fingerprint density at radius 2 is 1.78 bits per heavy atom. The fourth-order valence-corrected chi connectivity index (χ4v) is 3.29. The van der Waals surface area contributed by atoms with Gasteiger partial charge in [-0.25, -0.2) is 0 Å². The average Bonchev–Trinajstić information content (AvgIpc) is 3.41. The number of carbonyl (C=O) groups excluding carboxylic acids is 2. The molecule has 0 radical (unpaired) electrons. The molecule has 3 atom stereocenters. The standard InChI is InChI=1S/C18H20ClF3N2O3/c1-10-13(23-15(25)9-27-12-4-2-11(19)3-5-12)8-14(10)24-16(26)17(6-7-17)18(20,21)22/h2-5,10,13-14H,6-9H2,1H3,(H,23,25)(H,24,26)/t10?,13-,14+/m0/s1. The van der Waals surface area contributed by atoms with Crippen LogP contribution in [-0.4, -0.2) is 36.7 Å². The van der Waals surface area contributed by atoms with Gasteiger partial charge in [-0.2, -0.15) is 13.2 Å². The number of benzene rings is 1. The molecule has 0 bridgehead atoms. The summed E-state index contributed by atoms with van der Waals surface area (Å²) in [4.78, 5) is 24.0. The van der Waals surface area contributed by atoms with E-state index in [9.17, 15) is 22.8 Å². The highest BCUT2D eigenvalue weighted by Gasteiger charge is 2.68. The zero-order chi connectivity index (χ0) is 19.8. The molecule has 3 rings (SSSR count). The highest BCUT2D eigenvalue weighted by atomic mass is 35.5. The fourth-order valence-electron chi connectivity index (χ4n) is 3.17. The van der Waals surface area contributed by atoms with Crippen molar-refractivity contribution >= 4 is 23.4 Å². The van der Waals surface area contributed by atoms with Gasteiger partial charge in [-0.1, -0.05) is 18.5 Å². The zero-order valence-electron chi connectivity index (χ0n) is 14.6. The number of hydrogen-bond donors (Lipinski definition) is 2. The Hall–Kier alpha value is -1.96. The molecule has 2 amide bonds. The first-order valence-electron chi connectivity index (χ1n) is 8.68. The fraction of sp³-hybridized carbons (Fsp3) is 0.556. The van der Waals surface area contributed by atoms with Crippen LogP contribution in [0.5, 0.6) is 5.75 Å². The van der Waals surface area contributed by atoms with Gasteiger partial charge in [0.25, 0.3) is 5.91 Å². The topological polar surface area (TPSA) is 67.4 Å². The summed E-state index contributed by atoms with van der Waals surface area (Å²) in [5.74, 6) is -0.941. The zero-order valence-corrected chi connectivity index (χ0v) is 15.4. The number of rotatable bonds is 6. The van der Waals surface area contributed by atoms with Crippen molar-refractivity contribution in [1.82, 2.24) is 10.6 Å². The number of ether oxygens (including phenoxy) is 1. The molecule has 0 saturated heterocycles. The monoisotopic (exact) mass is 404 g/mol. The Labute approximate surface area is 159 Å². The molecule has 2 aliphatic rings. The van der Waals surface area contributed by atoms with E-state index in [-0.39, 0.29) is 43.4 Å².